The van der Waals surface area contributed by atoms with Gasteiger partial charge in [-0.3, -0.25) is 4.79 Å². The molecule has 58 valence electrons. The summed E-state index contributed by atoms with van der Waals surface area (Å²) in [7, 11) is 1.54. The van der Waals surface area contributed by atoms with Crippen LogP contribution in [0.25, 0.3) is 0 Å². The van der Waals surface area contributed by atoms with Gasteiger partial charge >= 0.3 is 0 Å². The SMILES string of the molecule is CNC(=O)CNC(=S)NN. The molecule has 0 unspecified atom stereocenters. The Balaban J connectivity index is 3.35. The number of thiocarbonyl (C=S) groups is 1. The van der Waals surface area contributed by atoms with Gasteiger partial charge in [0.2, 0.25) is 5.91 Å². The number of carbonyl (C=O) groups excluding carboxylic acids is 1. The number of hydrogen-bond acceptors (Lipinski definition) is 3. The van der Waals surface area contributed by atoms with E-state index in [-0.39, 0.29) is 17.6 Å². The fourth-order valence-electron chi connectivity index (χ4n) is 0.300. The van der Waals surface area contributed by atoms with Crippen LogP contribution in [0.2, 0.25) is 0 Å². The maximum atomic E-state index is 10.5. The molecule has 0 aliphatic rings. The van der Waals surface area contributed by atoms with Crippen molar-refractivity contribution in [3.8, 4) is 0 Å². The van der Waals surface area contributed by atoms with E-state index in [9.17, 15) is 4.79 Å². The van der Waals surface area contributed by atoms with Gasteiger partial charge in [0.25, 0.3) is 0 Å². The van der Waals surface area contributed by atoms with Gasteiger partial charge in [0.05, 0.1) is 6.54 Å². The lowest BCUT2D eigenvalue weighted by Gasteiger charge is -2.04. The molecular weight excluding hydrogens is 152 g/mol. The van der Waals surface area contributed by atoms with Gasteiger partial charge in [-0.25, -0.2) is 5.84 Å². The lowest BCUT2D eigenvalue weighted by atomic mass is 10.6. The Kier molecular flexibility index (Phi) is 4.51. The Bertz CT molecular complexity index is 121. The minimum atomic E-state index is -0.141. The summed E-state index contributed by atoms with van der Waals surface area (Å²) in [6, 6.07) is 0. The Morgan fingerprint density at radius 3 is 2.70 bits per heavy atom. The van der Waals surface area contributed by atoms with E-state index in [0.717, 1.165) is 0 Å². The summed E-state index contributed by atoms with van der Waals surface area (Å²) in [5.41, 5.74) is 2.18. The van der Waals surface area contributed by atoms with Crippen LogP contribution in [-0.4, -0.2) is 24.6 Å². The molecule has 0 aromatic rings. The van der Waals surface area contributed by atoms with Crippen LogP contribution in [0.5, 0.6) is 0 Å². The Morgan fingerprint density at radius 2 is 2.30 bits per heavy atom. The minimum Gasteiger partial charge on any atom is -0.358 e. The van der Waals surface area contributed by atoms with E-state index >= 15 is 0 Å². The quantitative estimate of drug-likeness (QED) is 0.216. The van der Waals surface area contributed by atoms with Gasteiger partial charge in [-0.15, -0.1) is 0 Å². The van der Waals surface area contributed by atoms with Crippen LogP contribution < -0.4 is 21.9 Å². The van der Waals surface area contributed by atoms with Crippen LogP contribution >= 0.6 is 12.2 Å². The molecule has 0 aliphatic heterocycles. The predicted octanol–water partition coefficient (Wildman–Crippen LogP) is -1.93. The lowest BCUT2D eigenvalue weighted by molar-refractivity contribution is -0.119. The molecule has 5 nitrogen and oxygen atoms in total. The van der Waals surface area contributed by atoms with Crippen LogP contribution in [0.15, 0.2) is 0 Å². The van der Waals surface area contributed by atoms with E-state index in [0.29, 0.717) is 0 Å². The number of nitrogens with one attached hydrogen (secondary N) is 3. The number of carbonyl (C=O) groups is 1. The van der Waals surface area contributed by atoms with Gasteiger partial charge in [-0.05, 0) is 12.2 Å². The summed E-state index contributed by atoms with van der Waals surface area (Å²) in [6.45, 7) is 0.138. The Labute approximate surface area is 64.3 Å². The second-order valence-electron chi connectivity index (χ2n) is 1.50. The maximum Gasteiger partial charge on any atom is 0.239 e. The topological polar surface area (TPSA) is 79.2 Å². The summed E-state index contributed by atoms with van der Waals surface area (Å²) in [4.78, 5) is 10.5. The number of amides is 1. The summed E-state index contributed by atoms with van der Waals surface area (Å²) in [5, 5.41) is 5.23. The molecule has 0 aromatic carbocycles. The van der Waals surface area contributed by atoms with Gasteiger partial charge in [0, 0.05) is 7.05 Å². The van der Waals surface area contributed by atoms with Gasteiger partial charge < -0.3 is 16.1 Å². The van der Waals surface area contributed by atoms with Crippen molar-refractivity contribution in [2.24, 2.45) is 5.84 Å². The molecule has 0 atom stereocenters. The van der Waals surface area contributed by atoms with Crippen molar-refractivity contribution in [1.29, 1.82) is 0 Å². The molecule has 0 bridgehead atoms. The first kappa shape index (κ1) is 9.12. The smallest absolute Gasteiger partial charge is 0.239 e. The average molecular weight is 162 g/mol. The summed E-state index contributed by atoms with van der Waals surface area (Å²) < 4.78 is 0. The van der Waals surface area contributed by atoms with Crippen LogP contribution in [-0.2, 0) is 4.79 Å². The molecule has 0 saturated carbocycles. The van der Waals surface area contributed by atoms with Crippen molar-refractivity contribution in [1.82, 2.24) is 16.1 Å². The van der Waals surface area contributed by atoms with Gasteiger partial charge in [0.15, 0.2) is 5.11 Å². The Morgan fingerprint density at radius 1 is 1.70 bits per heavy atom. The highest BCUT2D eigenvalue weighted by Gasteiger charge is 1.96. The molecule has 0 aromatic heterocycles. The van der Waals surface area contributed by atoms with Crippen molar-refractivity contribution >= 4 is 23.2 Å². The molecule has 1 amide bonds. The molecule has 10 heavy (non-hydrogen) atoms. The zero-order chi connectivity index (χ0) is 7.98. The van der Waals surface area contributed by atoms with Crippen molar-refractivity contribution < 1.29 is 4.79 Å². The lowest BCUT2D eigenvalue weighted by Crippen LogP contribution is -2.43. The number of nitrogens with two attached hydrogens (primary N) is 1. The molecule has 0 spiro atoms. The van der Waals surface area contributed by atoms with Crippen molar-refractivity contribution in [3.05, 3.63) is 0 Å². The van der Waals surface area contributed by atoms with E-state index in [4.69, 9.17) is 5.84 Å². The number of hydrogen-bond donors (Lipinski definition) is 4. The maximum absolute atomic E-state index is 10.5. The highest BCUT2D eigenvalue weighted by atomic mass is 32.1. The molecule has 6 heteroatoms. The monoisotopic (exact) mass is 162 g/mol. The van der Waals surface area contributed by atoms with E-state index in [1.54, 1.807) is 7.05 Å². The normalized spacial score (nSPS) is 8.20. The van der Waals surface area contributed by atoms with Gasteiger partial charge in [-0.1, -0.05) is 0 Å². The van der Waals surface area contributed by atoms with Crippen molar-refractivity contribution in [2.75, 3.05) is 13.6 Å². The zero-order valence-electron chi connectivity index (χ0n) is 5.60. The standard InChI is InChI=1S/C4H10N4OS/c1-6-3(9)2-7-4(10)8-5/h2,5H2,1H3,(H,6,9)(H2,7,8,10). The number of rotatable bonds is 2. The molecule has 0 fully saturated rings. The molecule has 0 aliphatic carbocycles. The van der Waals surface area contributed by atoms with Crippen LogP contribution in [0.1, 0.15) is 0 Å². The number of hydrazine groups is 1. The van der Waals surface area contributed by atoms with Gasteiger partial charge in [-0.2, -0.15) is 0 Å². The largest absolute Gasteiger partial charge is 0.358 e. The second kappa shape index (κ2) is 4.95. The third-order valence-electron chi connectivity index (χ3n) is 0.819. The molecule has 0 rings (SSSR count). The first-order valence-corrected chi connectivity index (χ1v) is 3.06. The summed E-state index contributed by atoms with van der Waals surface area (Å²) >= 11 is 4.59. The van der Waals surface area contributed by atoms with Crippen molar-refractivity contribution in [3.63, 3.8) is 0 Å². The molecule has 0 saturated heterocycles. The van der Waals surface area contributed by atoms with Crippen molar-refractivity contribution in [2.45, 2.75) is 0 Å². The summed E-state index contributed by atoms with van der Waals surface area (Å²) in [6.07, 6.45) is 0. The number of likely N-dealkylation sites (N-methyl/N-ethyl adjacent to an activating group) is 1. The predicted molar refractivity (Wildman–Crippen MR) is 42.0 cm³/mol. The van der Waals surface area contributed by atoms with E-state index in [1.807, 2.05) is 0 Å². The minimum absolute atomic E-state index is 0.138. The second-order valence-corrected chi connectivity index (χ2v) is 1.91. The Hall–Kier alpha value is -0.880. The zero-order valence-corrected chi connectivity index (χ0v) is 6.42. The summed E-state index contributed by atoms with van der Waals surface area (Å²) in [5.74, 6) is 4.77. The van der Waals surface area contributed by atoms with Crippen LogP contribution in [0.4, 0.5) is 0 Å². The molecule has 0 radical (unpaired) electrons. The first-order valence-electron chi connectivity index (χ1n) is 2.65. The fourth-order valence-corrected chi connectivity index (χ4v) is 0.372. The third-order valence-corrected chi connectivity index (χ3v) is 1.08. The van der Waals surface area contributed by atoms with E-state index in [2.05, 4.69) is 28.3 Å². The molecule has 5 N–H and O–H groups in total. The van der Waals surface area contributed by atoms with Gasteiger partial charge in [0.1, 0.15) is 0 Å². The molecular formula is C4H10N4OS. The highest BCUT2D eigenvalue weighted by molar-refractivity contribution is 7.80. The first-order chi connectivity index (χ1) is 4.70. The van der Waals surface area contributed by atoms with Crippen LogP contribution in [0, 0.1) is 0 Å². The highest BCUT2D eigenvalue weighted by Crippen LogP contribution is 1.62. The fraction of sp³-hybridized carbons (Fsp3) is 0.500. The van der Waals surface area contributed by atoms with Crippen LogP contribution in [0.3, 0.4) is 0 Å². The average Bonchev–Trinajstić information content (AvgIpc) is 1.99. The molecule has 0 heterocycles. The third kappa shape index (κ3) is 4.04. The van der Waals surface area contributed by atoms with E-state index < -0.39 is 0 Å². The van der Waals surface area contributed by atoms with E-state index in [1.165, 1.54) is 0 Å².